The smallest absolute Gasteiger partial charge is 0.106 e. The highest BCUT2D eigenvalue weighted by Gasteiger charge is 2.35. The summed E-state index contributed by atoms with van der Waals surface area (Å²) in [4.78, 5) is 8.00. The fraction of sp³-hybridized carbons (Fsp3) is 0.909. The fourth-order valence-electron chi connectivity index (χ4n) is 2.16. The van der Waals surface area contributed by atoms with E-state index >= 15 is 0 Å². The van der Waals surface area contributed by atoms with Crippen molar-refractivity contribution in [3.8, 4) is 0 Å². The molecule has 0 aromatic heterocycles. The molecule has 1 aliphatic carbocycles. The second-order valence-corrected chi connectivity index (χ2v) is 4.40. The van der Waals surface area contributed by atoms with Gasteiger partial charge >= 0.3 is 0 Å². The van der Waals surface area contributed by atoms with E-state index in [9.17, 15) is 10.2 Å². The molecule has 0 bridgehead atoms. The predicted molar refractivity (Wildman–Crippen MR) is 63.8 cm³/mol. The van der Waals surface area contributed by atoms with Gasteiger partial charge in [0.05, 0.1) is 31.5 Å². The van der Waals surface area contributed by atoms with Crippen molar-refractivity contribution < 1.29 is 30.3 Å². The molecule has 1 aliphatic rings. The number of hydrogen-bond acceptors (Lipinski definition) is 7. The highest BCUT2D eigenvalue weighted by Crippen LogP contribution is 2.25. The summed E-state index contributed by atoms with van der Waals surface area (Å²) in [6.07, 6.45) is -0.898. The van der Waals surface area contributed by atoms with Crippen LogP contribution in [-0.4, -0.2) is 76.4 Å². The number of rotatable bonds is 5. The van der Waals surface area contributed by atoms with Crippen LogP contribution in [0.3, 0.4) is 0 Å². The zero-order chi connectivity index (χ0) is 14.1. The topological polar surface area (TPSA) is 130 Å². The molecule has 7 heteroatoms. The predicted octanol–water partition coefficient (Wildman–Crippen LogP) is -2.76. The molecular formula is C11H23NO6. The molecule has 0 radical (unpaired) electrons. The fourth-order valence-corrected chi connectivity index (χ4v) is 2.16. The maximum Gasteiger partial charge on any atom is 0.106 e. The van der Waals surface area contributed by atoms with Gasteiger partial charge in [-0.1, -0.05) is 0 Å². The summed E-state index contributed by atoms with van der Waals surface area (Å²) in [6.45, 7) is 1.45. The molecule has 1 fully saturated rings. The van der Waals surface area contributed by atoms with Crippen LogP contribution >= 0.6 is 0 Å². The van der Waals surface area contributed by atoms with Crippen LogP contribution in [0.2, 0.25) is 0 Å². The molecule has 0 spiro atoms. The van der Waals surface area contributed by atoms with Gasteiger partial charge in [-0.2, -0.15) is 0 Å². The van der Waals surface area contributed by atoms with E-state index in [2.05, 4.69) is 5.32 Å². The molecule has 4 atom stereocenters. The lowest BCUT2D eigenvalue weighted by atomic mass is 9.81. The van der Waals surface area contributed by atoms with Crippen molar-refractivity contribution in [1.82, 2.24) is 5.32 Å². The summed E-state index contributed by atoms with van der Waals surface area (Å²) >= 11 is 0. The number of nitrogens with one attached hydrogen (secondary N) is 1. The van der Waals surface area contributed by atoms with Crippen molar-refractivity contribution >= 4 is 6.79 Å². The Hall–Kier alpha value is -0.570. The first kappa shape index (κ1) is 17.4. The van der Waals surface area contributed by atoms with Gasteiger partial charge in [0.25, 0.3) is 0 Å². The molecule has 1 saturated carbocycles. The number of aliphatic hydroxyl groups is 5. The van der Waals surface area contributed by atoms with E-state index in [1.165, 1.54) is 0 Å². The first-order chi connectivity index (χ1) is 8.62. The van der Waals surface area contributed by atoms with Crippen LogP contribution in [0.15, 0.2) is 0 Å². The summed E-state index contributed by atoms with van der Waals surface area (Å²) < 4.78 is 0. The van der Waals surface area contributed by atoms with E-state index < -0.39 is 18.2 Å². The molecular weight excluding hydrogens is 242 g/mol. The first-order valence-corrected chi connectivity index (χ1v) is 5.86. The standard InChI is InChI=1S/C10H21NO5.CH2O/c12-3-6-1-7(2-9(15)10(6)16)11-8(4-13)5-14;1-2/h6-16H,1-5H2;1H2/t6?,7-,9+,10+;/m0./s1. The van der Waals surface area contributed by atoms with Crippen molar-refractivity contribution in [3.63, 3.8) is 0 Å². The van der Waals surface area contributed by atoms with E-state index in [0.29, 0.717) is 12.8 Å². The Balaban J connectivity index is 0.00000137. The zero-order valence-electron chi connectivity index (χ0n) is 10.3. The molecule has 7 nitrogen and oxygen atoms in total. The minimum Gasteiger partial charge on any atom is -0.396 e. The van der Waals surface area contributed by atoms with Gasteiger partial charge in [0.1, 0.15) is 6.79 Å². The molecule has 0 aromatic carbocycles. The Bertz CT molecular complexity index is 212. The highest BCUT2D eigenvalue weighted by atomic mass is 16.3. The molecule has 108 valence electrons. The summed E-state index contributed by atoms with van der Waals surface area (Å²) in [5.41, 5.74) is 0. The van der Waals surface area contributed by atoms with Gasteiger partial charge in [0, 0.05) is 18.6 Å². The Morgan fingerprint density at radius 2 is 1.67 bits per heavy atom. The van der Waals surface area contributed by atoms with Crippen molar-refractivity contribution in [2.75, 3.05) is 19.8 Å². The van der Waals surface area contributed by atoms with Gasteiger partial charge < -0.3 is 35.6 Å². The van der Waals surface area contributed by atoms with E-state index in [4.69, 9.17) is 20.1 Å². The molecule has 0 aromatic rings. The maximum atomic E-state index is 9.58. The molecule has 0 heterocycles. The molecule has 18 heavy (non-hydrogen) atoms. The lowest BCUT2D eigenvalue weighted by Crippen LogP contribution is -2.52. The number of carbonyl (C=O) groups excluding carboxylic acids is 1. The molecule has 0 aliphatic heterocycles. The molecule has 0 amide bonds. The van der Waals surface area contributed by atoms with Crippen molar-refractivity contribution in [1.29, 1.82) is 0 Å². The average Bonchev–Trinajstić information content (AvgIpc) is 2.42. The Morgan fingerprint density at radius 3 is 2.11 bits per heavy atom. The van der Waals surface area contributed by atoms with Crippen LogP contribution in [0.25, 0.3) is 0 Å². The van der Waals surface area contributed by atoms with Crippen molar-refractivity contribution in [2.45, 2.75) is 37.1 Å². The van der Waals surface area contributed by atoms with E-state index in [1.54, 1.807) is 0 Å². The number of carbonyl (C=O) groups is 1. The van der Waals surface area contributed by atoms with Gasteiger partial charge in [-0.15, -0.1) is 0 Å². The summed E-state index contributed by atoms with van der Waals surface area (Å²) in [6, 6.07) is -0.536. The average molecular weight is 265 g/mol. The monoisotopic (exact) mass is 265 g/mol. The summed E-state index contributed by atoms with van der Waals surface area (Å²) in [5.74, 6) is -0.362. The lowest BCUT2D eigenvalue weighted by molar-refractivity contribution is -0.0979. The minimum atomic E-state index is -0.898. The van der Waals surface area contributed by atoms with Gasteiger partial charge in [-0.3, -0.25) is 0 Å². The minimum absolute atomic E-state index is 0.111. The van der Waals surface area contributed by atoms with Gasteiger partial charge in [0.2, 0.25) is 0 Å². The van der Waals surface area contributed by atoms with Crippen molar-refractivity contribution in [2.24, 2.45) is 5.92 Å². The zero-order valence-corrected chi connectivity index (χ0v) is 10.3. The third kappa shape index (κ3) is 4.97. The van der Waals surface area contributed by atoms with E-state index in [1.807, 2.05) is 6.79 Å². The second kappa shape index (κ2) is 9.37. The second-order valence-electron chi connectivity index (χ2n) is 4.40. The van der Waals surface area contributed by atoms with Crippen LogP contribution in [0, 0.1) is 5.92 Å². The third-order valence-electron chi connectivity index (χ3n) is 3.14. The van der Waals surface area contributed by atoms with Gasteiger partial charge in [-0.05, 0) is 12.8 Å². The van der Waals surface area contributed by atoms with Crippen LogP contribution in [0.1, 0.15) is 12.8 Å². The molecule has 0 saturated heterocycles. The first-order valence-electron chi connectivity index (χ1n) is 5.86. The molecule has 1 rings (SSSR count). The van der Waals surface area contributed by atoms with Crippen LogP contribution in [-0.2, 0) is 4.79 Å². The van der Waals surface area contributed by atoms with Crippen molar-refractivity contribution in [3.05, 3.63) is 0 Å². The maximum absolute atomic E-state index is 9.58. The largest absolute Gasteiger partial charge is 0.396 e. The summed E-state index contributed by atoms with van der Waals surface area (Å²) in [5, 5.41) is 49.0. The lowest BCUT2D eigenvalue weighted by Gasteiger charge is -2.37. The van der Waals surface area contributed by atoms with E-state index in [-0.39, 0.29) is 31.8 Å². The SMILES string of the molecule is C=O.OCC(CO)N[C@H]1CC(CO)[C@@H](O)[C@H](O)C1. The molecule has 6 N–H and O–H groups in total. The van der Waals surface area contributed by atoms with Gasteiger partial charge in [0.15, 0.2) is 0 Å². The van der Waals surface area contributed by atoms with Crippen LogP contribution < -0.4 is 5.32 Å². The summed E-state index contributed by atoms with van der Waals surface area (Å²) in [7, 11) is 0. The van der Waals surface area contributed by atoms with E-state index in [0.717, 1.165) is 0 Å². The Kier molecular flexibility index (Phi) is 9.08. The normalized spacial score (nSPS) is 31.9. The quantitative estimate of drug-likeness (QED) is 0.317. The van der Waals surface area contributed by atoms with Crippen LogP contribution in [0.4, 0.5) is 0 Å². The van der Waals surface area contributed by atoms with Gasteiger partial charge in [-0.25, -0.2) is 0 Å². The third-order valence-corrected chi connectivity index (χ3v) is 3.14. The Labute approximate surface area is 106 Å². The van der Waals surface area contributed by atoms with Crippen LogP contribution in [0.5, 0.6) is 0 Å². The highest BCUT2D eigenvalue weighted by molar-refractivity contribution is 5.11. The number of aliphatic hydroxyl groups excluding tert-OH is 5. The molecule has 1 unspecified atom stereocenters. The number of hydrogen-bond donors (Lipinski definition) is 6. The Morgan fingerprint density at radius 1 is 1.11 bits per heavy atom.